The molecule has 1 aromatic carbocycles. The van der Waals surface area contributed by atoms with Gasteiger partial charge in [-0.25, -0.2) is 0 Å². The SMILES string of the molecule is C=CC(=O)NCCc1nn(C)c2ccccc12. The van der Waals surface area contributed by atoms with Crippen LogP contribution in [0.1, 0.15) is 5.69 Å². The summed E-state index contributed by atoms with van der Waals surface area (Å²) in [4.78, 5) is 11.0. The van der Waals surface area contributed by atoms with Crippen LogP contribution in [0.2, 0.25) is 0 Å². The number of fused-ring (bicyclic) bond motifs is 1. The number of nitrogens with one attached hydrogen (secondary N) is 1. The van der Waals surface area contributed by atoms with Gasteiger partial charge < -0.3 is 5.32 Å². The molecule has 1 N–H and O–H groups in total. The van der Waals surface area contributed by atoms with Crippen molar-refractivity contribution in [3.05, 3.63) is 42.6 Å². The first kappa shape index (κ1) is 11.4. The lowest BCUT2D eigenvalue weighted by Gasteiger charge is -1.99. The van der Waals surface area contributed by atoms with Crippen molar-refractivity contribution in [3.8, 4) is 0 Å². The standard InChI is InChI=1S/C13H15N3O/c1-3-13(17)14-9-8-11-10-6-4-5-7-12(10)16(2)15-11/h3-7H,1,8-9H2,2H3,(H,14,17). The fourth-order valence-corrected chi connectivity index (χ4v) is 1.85. The number of aromatic nitrogens is 2. The van der Waals surface area contributed by atoms with E-state index in [1.807, 2.05) is 36.0 Å². The molecule has 88 valence electrons. The second-order valence-electron chi connectivity index (χ2n) is 3.83. The van der Waals surface area contributed by atoms with Crippen molar-refractivity contribution in [1.82, 2.24) is 15.1 Å². The van der Waals surface area contributed by atoms with Gasteiger partial charge in [0.05, 0.1) is 11.2 Å². The Hall–Kier alpha value is -2.10. The van der Waals surface area contributed by atoms with Crippen molar-refractivity contribution in [2.75, 3.05) is 6.54 Å². The van der Waals surface area contributed by atoms with Gasteiger partial charge in [0.2, 0.25) is 5.91 Å². The molecule has 1 aromatic heterocycles. The molecule has 1 heterocycles. The number of carbonyl (C=O) groups is 1. The van der Waals surface area contributed by atoms with Crippen LogP contribution in [0.3, 0.4) is 0 Å². The van der Waals surface area contributed by atoms with Crippen LogP contribution in [0.4, 0.5) is 0 Å². The van der Waals surface area contributed by atoms with Crippen LogP contribution in [0.25, 0.3) is 10.9 Å². The molecule has 0 bridgehead atoms. The third-order valence-corrected chi connectivity index (χ3v) is 2.68. The Balaban J connectivity index is 2.14. The maximum Gasteiger partial charge on any atom is 0.243 e. The fraction of sp³-hybridized carbons (Fsp3) is 0.231. The highest BCUT2D eigenvalue weighted by Gasteiger charge is 2.07. The molecule has 0 unspecified atom stereocenters. The van der Waals surface area contributed by atoms with E-state index in [0.29, 0.717) is 6.54 Å². The van der Waals surface area contributed by atoms with Gasteiger partial charge in [-0.15, -0.1) is 0 Å². The number of aryl methyl sites for hydroxylation is 1. The van der Waals surface area contributed by atoms with Crippen LogP contribution in [0, 0.1) is 0 Å². The number of rotatable bonds is 4. The number of hydrogen-bond acceptors (Lipinski definition) is 2. The Morgan fingerprint density at radius 3 is 3.06 bits per heavy atom. The minimum absolute atomic E-state index is 0.148. The molecule has 0 atom stereocenters. The van der Waals surface area contributed by atoms with E-state index in [-0.39, 0.29) is 5.91 Å². The van der Waals surface area contributed by atoms with E-state index in [2.05, 4.69) is 17.0 Å². The van der Waals surface area contributed by atoms with Gasteiger partial charge in [-0.05, 0) is 12.1 Å². The summed E-state index contributed by atoms with van der Waals surface area (Å²) in [5.74, 6) is -0.148. The van der Waals surface area contributed by atoms with E-state index in [0.717, 1.165) is 23.0 Å². The first-order valence-corrected chi connectivity index (χ1v) is 5.53. The maximum atomic E-state index is 11.0. The van der Waals surface area contributed by atoms with E-state index < -0.39 is 0 Å². The molecule has 4 nitrogen and oxygen atoms in total. The number of benzene rings is 1. The molecule has 0 spiro atoms. The average Bonchev–Trinajstić information content (AvgIpc) is 2.67. The lowest BCUT2D eigenvalue weighted by molar-refractivity contribution is -0.116. The maximum absolute atomic E-state index is 11.0. The van der Waals surface area contributed by atoms with Crippen molar-refractivity contribution in [2.24, 2.45) is 7.05 Å². The number of nitrogens with zero attached hydrogens (tertiary/aromatic N) is 2. The first-order chi connectivity index (χ1) is 8.22. The molecule has 2 aromatic rings. The second kappa shape index (κ2) is 4.82. The molecular weight excluding hydrogens is 214 g/mol. The van der Waals surface area contributed by atoms with Gasteiger partial charge in [0.15, 0.2) is 0 Å². The lowest BCUT2D eigenvalue weighted by Crippen LogP contribution is -2.23. The Morgan fingerprint density at radius 1 is 1.53 bits per heavy atom. The van der Waals surface area contributed by atoms with Gasteiger partial charge in [0.1, 0.15) is 0 Å². The number of hydrogen-bond donors (Lipinski definition) is 1. The van der Waals surface area contributed by atoms with Crippen LogP contribution in [-0.4, -0.2) is 22.2 Å². The van der Waals surface area contributed by atoms with Crippen molar-refractivity contribution in [3.63, 3.8) is 0 Å². The quantitative estimate of drug-likeness (QED) is 0.806. The molecule has 1 amide bonds. The van der Waals surface area contributed by atoms with E-state index in [9.17, 15) is 4.79 Å². The topological polar surface area (TPSA) is 46.9 Å². The molecule has 0 radical (unpaired) electrons. The van der Waals surface area contributed by atoms with Gasteiger partial charge >= 0.3 is 0 Å². The van der Waals surface area contributed by atoms with Gasteiger partial charge in [-0.3, -0.25) is 9.48 Å². The van der Waals surface area contributed by atoms with Gasteiger partial charge in [-0.2, -0.15) is 5.10 Å². The Bertz CT molecular complexity index is 557. The third-order valence-electron chi connectivity index (χ3n) is 2.68. The van der Waals surface area contributed by atoms with Crippen molar-refractivity contribution >= 4 is 16.8 Å². The molecule has 0 saturated heterocycles. The van der Waals surface area contributed by atoms with Crippen LogP contribution >= 0.6 is 0 Å². The summed E-state index contributed by atoms with van der Waals surface area (Å²) in [6.45, 7) is 3.98. The third kappa shape index (κ3) is 2.36. The van der Waals surface area contributed by atoms with Gasteiger partial charge in [0.25, 0.3) is 0 Å². The van der Waals surface area contributed by atoms with Crippen LogP contribution in [0.15, 0.2) is 36.9 Å². The molecular formula is C13H15N3O. The summed E-state index contributed by atoms with van der Waals surface area (Å²) in [5, 5.41) is 8.34. The van der Waals surface area contributed by atoms with Crippen LogP contribution < -0.4 is 5.32 Å². The monoisotopic (exact) mass is 229 g/mol. The predicted octanol–water partition coefficient (Wildman–Crippen LogP) is 1.42. The number of amides is 1. The summed E-state index contributed by atoms with van der Waals surface area (Å²) < 4.78 is 1.86. The van der Waals surface area contributed by atoms with Crippen molar-refractivity contribution in [2.45, 2.75) is 6.42 Å². The van der Waals surface area contributed by atoms with Gasteiger partial charge in [-0.1, -0.05) is 24.8 Å². The number of carbonyl (C=O) groups excluding carboxylic acids is 1. The minimum atomic E-state index is -0.148. The zero-order valence-corrected chi connectivity index (χ0v) is 9.81. The Kier molecular flexibility index (Phi) is 3.23. The smallest absolute Gasteiger partial charge is 0.243 e. The molecule has 0 aliphatic rings. The van der Waals surface area contributed by atoms with Gasteiger partial charge in [0, 0.05) is 25.4 Å². The summed E-state index contributed by atoms with van der Waals surface area (Å²) in [6, 6.07) is 8.07. The van der Waals surface area contributed by atoms with Crippen molar-refractivity contribution in [1.29, 1.82) is 0 Å². The molecule has 0 aliphatic heterocycles. The zero-order chi connectivity index (χ0) is 12.3. The molecule has 0 saturated carbocycles. The summed E-state index contributed by atoms with van der Waals surface area (Å²) >= 11 is 0. The van der Waals surface area contributed by atoms with E-state index in [1.165, 1.54) is 6.08 Å². The van der Waals surface area contributed by atoms with E-state index in [1.54, 1.807) is 0 Å². The highest BCUT2D eigenvalue weighted by molar-refractivity contribution is 5.87. The Morgan fingerprint density at radius 2 is 2.29 bits per heavy atom. The van der Waals surface area contributed by atoms with Crippen LogP contribution in [0.5, 0.6) is 0 Å². The summed E-state index contributed by atoms with van der Waals surface area (Å²) in [5.41, 5.74) is 2.12. The second-order valence-corrected chi connectivity index (χ2v) is 3.83. The average molecular weight is 229 g/mol. The summed E-state index contributed by atoms with van der Waals surface area (Å²) in [6.07, 6.45) is 2.00. The van der Waals surface area contributed by atoms with E-state index >= 15 is 0 Å². The molecule has 17 heavy (non-hydrogen) atoms. The number of para-hydroxylation sites is 1. The predicted molar refractivity (Wildman–Crippen MR) is 67.6 cm³/mol. The molecule has 4 heteroatoms. The van der Waals surface area contributed by atoms with Crippen molar-refractivity contribution < 1.29 is 4.79 Å². The molecule has 0 aliphatic carbocycles. The lowest BCUT2D eigenvalue weighted by atomic mass is 10.1. The highest BCUT2D eigenvalue weighted by Crippen LogP contribution is 2.17. The normalized spacial score (nSPS) is 10.4. The minimum Gasteiger partial charge on any atom is -0.352 e. The summed E-state index contributed by atoms with van der Waals surface area (Å²) in [7, 11) is 1.92. The molecule has 0 fully saturated rings. The van der Waals surface area contributed by atoms with Crippen LogP contribution in [-0.2, 0) is 18.3 Å². The first-order valence-electron chi connectivity index (χ1n) is 5.53. The largest absolute Gasteiger partial charge is 0.352 e. The fourth-order valence-electron chi connectivity index (χ4n) is 1.85. The van der Waals surface area contributed by atoms with E-state index in [4.69, 9.17) is 0 Å². The molecule has 2 rings (SSSR count). The Labute approximate surface area is 99.9 Å². The highest BCUT2D eigenvalue weighted by atomic mass is 16.1. The zero-order valence-electron chi connectivity index (χ0n) is 9.81.